The molecule has 0 radical (unpaired) electrons. The Labute approximate surface area is 162 Å². The molecule has 1 saturated heterocycles. The molecule has 0 saturated carbocycles. The molecule has 138 valence electrons. The molecule has 2 aromatic carbocycles. The van der Waals surface area contributed by atoms with E-state index in [0.717, 1.165) is 10.9 Å². The van der Waals surface area contributed by atoms with Crippen LogP contribution < -0.4 is 5.32 Å². The Bertz CT molecular complexity index is 947. The number of likely N-dealkylation sites (tertiary alicyclic amines) is 1. The van der Waals surface area contributed by atoms with Gasteiger partial charge in [-0.3, -0.25) is 9.59 Å². The first-order valence-corrected chi connectivity index (χ1v) is 10.0. The predicted molar refractivity (Wildman–Crippen MR) is 108 cm³/mol. The number of amides is 2. The first-order chi connectivity index (χ1) is 13.2. The standard InChI is InChI=1S/C21H21N3O2S/c25-19(14-15-5-6-16-3-1-2-4-18(16)13-15)24-10-7-17(8-11-24)20(26)23-21-22-9-12-27-21/h1-6,9,12-13,17H,7-8,10-11,14H2,(H,22,23,26). The summed E-state index contributed by atoms with van der Waals surface area (Å²) < 4.78 is 0. The molecule has 0 atom stereocenters. The first kappa shape index (κ1) is 17.7. The van der Waals surface area contributed by atoms with Crippen LogP contribution in [0, 0.1) is 5.92 Å². The minimum Gasteiger partial charge on any atom is -0.342 e. The number of hydrogen-bond donors (Lipinski definition) is 1. The third-order valence-corrected chi connectivity index (χ3v) is 5.74. The number of thiazole rings is 1. The zero-order valence-electron chi connectivity index (χ0n) is 14.9. The van der Waals surface area contributed by atoms with Gasteiger partial charge in [-0.1, -0.05) is 42.5 Å². The molecule has 27 heavy (non-hydrogen) atoms. The minimum atomic E-state index is -0.0568. The molecular formula is C21H21N3O2S. The van der Waals surface area contributed by atoms with E-state index in [4.69, 9.17) is 0 Å². The third kappa shape index (κ3) is 4.17. The fourth-order valence-electron chi connectivity index (χ4n) is 3.52. The zero-order valence-corrected chi connectivity index (χ0v) is 15.7. The molecule has 6 heteroatoms. The van der Waals surface area contributed by atoms with E-state index in [2.05, 4.69) is 34.6 Å². The van der Waals surface area contributed by atoms with E-state index < -0.39 is 0 Å². The highest BCUT2D eigenvalue weighted by molar-refractivity contribution is 7.13. The van der Waals surface area contributed by atoms with Crippen molar-refractivity contribution >= 4 is 39.1 Å². The number of piperidine rings is 1. The third-order valence-electron chi connectivity index (χ3n) is 5.05. The van der Waals surface area contributed by atoms with E-state index in [1.165, 1.54) is 16.7 Å². The Morgan fingerprint density at radius 3 is 2.63 bits per heavy atom. The van der Waals surface area contributed by atoms with Gasteiger partial charge < -0.3 is 10.2 Å². The maximum Gasteiger partial charge on any atom is 0.229 e. The van der Waals surface area contributed by atoms with Gasteiger partial charge in [-0.15, -0.1) is 11.3 Å². The van der Waals surface area contributed by atoms with Crippen molar-refractivity contribution in [1.82, 2.24) is 9.88 Å². The molecule has 0 spiro atoms. The van der Waals surface area contributed by atoms with Crippen LogP contribution in [0.3, 0.4) is 0 Å². The summed E-state index contributed by atoms with van der Waals surface area (Å²) in [6, 6.07) is 14.3. The van der Waals surface area contributed by atoms with E-state index in [0.29, 0.717) is 37.5 Å². The second-order valence-corrected chi connectivity index (χ2v) is 7.73. The largest absolute Gasteiger partial charge is 0.342 e. The molecule has 3 aromatic rings. The highest BCUT2D eigenvalue weighted by Gasteiger charge is 2.27. The summed E-state index contributed by atoms with van der Waals surface area (Å²) >= 11 is 1.42. The number of rotatable bonds is 4. The monoisotopic (exact) mass is 379 g/mol. The second-order valence-electron chi connectivity index (χ2n) is 6.84. The van der Waals surface area contributed by atoms with Crippen LogP contribution in [0.4, 0.5) is 5.13 Å². The summed E-state index contributed by atoms with van der Waals surface area (Å²) in [6.07, 6.45) is 3.47. The fraction of sp³-hybridized carbons (Fsp3) is 0.286. The van der Waals surface area contributed by atoms with Gasteiger partial charge >= 0.3 is 0 Å². The molecule has 2 amide bonds. The average molecular weight is 379 g/mol. The molecule has 4 rings (SSSR count). The highest BCUT2D eigenvalue weighted by Crippen LogP contribution is 2.22. The van der Waals surface area contributed by atoms with Crippen LogP contribution >= 0.6 is 11.3 Å². The number of carbonyl (C=O) groups is 2. The molecule has 1 aromatic heterocycles. The lowest BCUT2D eigenvalue weighted by atomic mass is 9.95. The van der Waals surface area contributed by atoms with E-state index in [1.54, 1.807) is 6.20 Å². The Balaban J connectivity index is 1.32. The number of nitrogens with zero attached hydrogens (tertiary/aromatic N) is 2. The predicted octanol–water partition coefficient (Wildman–Crippen LogP) is 3.72. The lowest BCUT2D eigenvalue weighted by Gasteiger charge is -2.31. The number of benzene rings is 2. The van der Waals surface area contributed by atoms with Gasteiger partial charge in [0.2, 0.25) is 11.8 Å². The number of anilines is 1. The van der Waals surface area contributed by atoms with Gasteiger partial charge in [0, 0.05) is 30.6 Å². The van der Waals surface area contributed by atoms with Gasteiger partial charge in [0.15, 0.2) is 5.13 Å². The molecule has 5 nitrogen and oxygen atoms in total. The lowest BCUT2D eigenvalue weighted by Crippen LogP contribution is -2.42. The summed E-state index contributed by atoms with van der Waals surface area (Å²) in [5.41, 5.74) is 1.03. The van der Waals surface area contributed by atoms with E-state index in [1.807, 2.05) is 28.5 Å². The van der Waals surface area contributed by atoms with Crippen LogP contribution in [0.15, 0.2) is 54.0 Å². The van der Waals surface area contributed by atoms with Crippen molar-refractivity contribution in [3.8, 4) is 0 Å². The van der Waals surface area contributed by atoms with Crippen molar-refractivity contribution < 1.29 is 9.59 Å². The maximum atomic E-state index is 12.7. The van der Waals surface area contributed by atoms with Crippen molar-refractivity contribution in [3.63, 3.8) is 0 Å². The van der Waals surface area contributed by atoms with Gasteiger partial charge in [-0.25, -0.2) is 4.98 Å². The van der Waals surface area contributed by atoms with Crippen molar-refractivity contribution in [2.45, 2.75) is 19.3 Å². The summed E-state index contributed by atoms with van der Waals surface area (Å²) in [5.74, 6) is 0.0780. The SMILES string of the molecule is O=C(Nc1nccs1)C1CCN(C(=O)Cc2ccc3ccccc3c2)CC1. The van der Waals surface area contributed by atoms with Gasteiger partial charge in [0.05, 0.1) is 6.42 Å². The number of nitrogens with one attached hydrogen (secondary N) is 1. The molecular weight excluding hydrogens is 358 g/mol. The molecule has 0 unspecified atom stereocenters. The van der Waals surface area contributed by atoms with Crippen molar-refractivity contribution in [2.24, 2.45) is 5.92 Å². The van der Waals surface area contributed by atoms with Gasteiger partial charge in [-0.05, 0) is 29.2 Å². The molecule has 1 aliphatic rings. The quantitative estimate of drug-likeness (QED) is 0.752. The Morgan fingerprint density at radius 2 is 1.89 bits per heavy atom. The van der Waals surface area contributed by atoms with Gasteiger partial charge in [-0.2, -0.15) is 0 Å². The second kappa shape index (κ2) is 7.88. The summed E-state index contributed by atoms with van der Waals surface area (Å²) in [6.45, 7) is 1.25. The topological polar surface area (TPSA) is 62.3 Å². The molecule has 0 bridgehead atoms. The smallest absolute Gasteiger partial charge is 0.229 e. The highest BCUT2D eigenvalue weighted by atomic mass is 32.1. The van der Waals surface area contributed by atoms with E-state index >= 15 is 0 Å². The summed E-state index contributed by atoms with van der Waals surface area (Å²) in [7, 11) is 0. The molecule has 2 heterocycles. The summed E-state index contributed by atoms with van der Waals surface area (Å²) in [5, 5.41) is 7.66. The first-order valence-electron chi connectivity index (χ1n) is 9.15. The fourth-order valence-corrected chi connectivity index (χ4v) is 4.05. The number of aromatic nitrogens is 1. The molecule has 1 aliphatic heterocycles. The Morgan fingerprint density at radius 1 is 1.11 bits per heavy atom. The van der Waals surface area contributed by atoms with Crippen LogP contribution in [0.1, 0.15) is 18.4 Å². The van der Waals surface area contributed by atoms with Crippen LogP contribution in [0.2, 0.25) is 0 Å². The lowest BCUT2D eigenvalue weighted by molar-refractivity contribution is -0.133. The normalized spacial score (nSPS) is 15.0. The van der Waals surface area contributed by atoms with Crippen LogP contribution in [-0.2, 0) is 16.0 Å². The minimum absolute atomic E-state index is 0.00609. The van der Waals surface area contributed by atoms with Crippen molar-refractivity contribution in [3.05, 3.63) is 59.6 Å². The average Bonchev–Trinajstić information content (AvgIpc) is 3.21. The van der Waals surface area contributed by atoms with Crippen LogP contribution in [0.25, 0.3) is 10.8 Å². The molecule has 0 aliphatic carbocycles. The van der Waals surface area contributed by atoms with Crippen molar-refractivity contribution in [1.29, 1.82) is 0 Å². The number of carbonyl (C=O) groups excluding carboxylic acids is 2. The van der Waals surface area contributed by atoms with E-state index in [-0.39, 0.29) is 17.7 Å². The van der Waals surface area contributed by atoms with Crippen LogP contribution in [0.5, 0.6) is 0 Å². The number of fused-ring (bicyclic) bond motifs is 1. The Hall–Kier alpha value is -2.73. The zero-order chi connectivity index (χ0) is 18.6. The van der Waals surface area contributed by atoms with Crippen molar-refractivity contribution in [2.75, 3.05) is 18.4 Å². The van der Waals surface area contributed by atoms with E-state index in [9.17, 15) is 9.59 Å². The molecule has 1 N–H and O–H groups in total. The van der Waals surface area contributed by atoms with Crippen LogP contribution in [-0.4, -0.2) is 34.8 Å². The Kier molecular flexibility index (Phi) is 5.16. The van der Waals surface area contributed by atoms with Gasteiger partial charge in [0.1, 0.15) is 0 Å². The summed E-state index contributed by atoms with van der Waals surface area (Å²) in [4.78, 5) is 30.9. The molecule has 1 fully saturated rings. The maximum absolute atomic E-state index is 12.7. The van der Waals surface area contributed by atoms with Gasteiger partial charge in [0.25, 0.3) is 0 Å². The number of hydrogen-bond acceptors (Lipinski definition) is 4.